The Hall–Kier alpha value is -2.53. The van der Waals surface area contributed by atoms with Gasteiger partial charge in [-0.15, -0.1) is 0 Å². The molecule has 0 spiro atoms. The molecule has 10 heteroatoms. The van der Waals surface area contributed by atoms with Gasteiger partial charge in [-0.2, -0.15) is 4.31 Å². The van der Waals surface area contributed by atoms with E-state index in [1.807, 2.05) is 0 Å². The first kappa shape index (κ1) is 27.5. The Morgan fingerprint density at radius 1 is 1.11 bits per heavy atom. The molecule has 1 unspecified atom stereocenters. The molecule has 2 aromatic rings. The van der Waals surface area contributed by atoms with Gasteiger partial charge in [0.25, 0.3) is 0 Å². The highest BCUT2D eigenvalue weighted by molar-refractivity contribution is 7.89. The Balaban J connectivity index is 1.35. The van der Waals surface area contributed by atoms with Crippen molar-refractivity contribution in [1.82, 2.24) is 14.2 Å². The number of methoxy groups -OCH3 is 1. The highest BCUT2D eigenvalue weighted by Crippen LogP contribution is 2.33. The third kappa shape index (κ3) is 5.98. The number of piperidine rings is 2. The zero-order valence-electron chi connectivity index (χ0n) is 21.9. The number of hydrogen-bond acceptors (Lipinski definition) is 7. The zero-order chi connectivity index (χ0) is 26.6. The van der Waals surface area contributed by atoms with E-state index in [0.717, 1.165) is 18.4 Å². The second-order valence-corrected chi connectivity index (χ2v) is 11.8. The SMILES string of the molecule is COc1cc(C)c(S(=O)(=O)N2CCCCC2COCC(=O)N2CCC(O)(c3ccncc3)CC2)c(C)c1. The number of ether oxygens (including phenoxy) is 2. The van der Waals surface area contributed by atoms with Crippen LogP contribution in [-0.2, 0) is 25.2 Å². The number of aryl methyl sites for hydroxylation is 2. The largest absolute Gasteiger partial charge is 0.497 e. The van der Waals surface area contributed by atoms with Crippen molar-refractivity contribution in [3.8, 4) is 5.75 Å². The molecule has 2 aliphatic heterocycles. The molecule has 3 heterocycles. The lowest BCUT2D eigenvalue weighted by molar-refractivity contribution is -0.141. The normalized spacial score (nSPS) is 20.5. The predicted octanol–water partition coefficient (Wildman–Crippen LogP) is 2.78. The summed E-state index contributed by atoms with van der Waals surface area (Å²) in [6, 6.07) is 6.76. The maximum atomic E-state index is 13.7. The summed E-state index contributed by atoms with van der Waals surface area (Å²) in [6.45, 7) is 4.90. The van der Waals surface area contributed by atoms with Gasteiger partial charge in [-0.3, -0.25) is 9.78 Å². The van der Waals surface area contributed by atoms with Gasteiger partial charge in [0, 0.05) is 38.1 Å². The molecular formula is C27H37N3O6S. The van der Waals surface area contributed by atoms with Crippen molar-refractivity contribution < 1.29 is 27.8 Å². The van der Waals surface area contributed by atoms with Gasteiger partial charge in [-0.1, -0.05) is 6.42 Å². The van der Waals surface area contributed by atoms with Crippen molar-refractivity contribution in [2.24, 2.45) is 0 Å². The average molecular weight is 532 g/mol. The summed E-state index contributed by atoms with van der Waals surface area (Å²) in [6.07, 6.45) is 6.58. The number of aromatic nitrogens is 1. The van der Waals surface area contributed by atoms with Gasteiger partial charge in [-0.25, -0.2) is 8.42 Å². The van der Waals surface area contributed by atoms with Gasteiger partial charge >= 0.3 is 0 Å². The number of aliphatic hydroxyl groups is 1. The molecule has 1 atom stereocenters. The van der Waals surface area contributed by atoms with Crippen LogP contribution in [0.15, 0.2) is 41.6 Å². The van der Waals surface area contributed by atoms with Crippen LogP contribution in [0.2, 0.25) is 0 Å². The molecule has 2 aliphatic rings. The summed E-state index contributed by atoms with van der Waals surface area (Å²) in [4.78, 5) is 18.8. The van der Waals surface area contributed by atoms with Crippen LogP contribution >= 0.6 is 0 Å². The van der Waals surface area contributed by atoms with Gasteiger partial charge in [-0.05, 0) is 80.5 Å². The van der Waals surface area contributed by atoms with Crippen molar-refractivity contribution in [1.29, 1.82) is 0 Å². The summed E-state index contributed by atoms with van der Waals surface area (Å²) >= 11 is 0. The Kier molecular flexibility index (Phi) is 8.52. The zero-order valence-corrected chi connectivity index (χ0v) is 22.7. The quantitative estimate of drug-likeness (QED) is 0.558. The van der Waals surface area contributed by atoms with Crippen molar-refractivity contribution >= 4 is 15.9 Å². The lowest BCUT2D eigenvalue weighted by Crippen LogP contribution is -2.48. The number of likely N-dealkylation sites (tertiary alicyclic amines) is 1. The number of hydrogen-bond donors (Lipinski definition) is 1. The van der Waals surface area contributed by atoms with E-state index in [0.29, 0.717) is 60.7 Å². The summed E-state index contributed by atoms with van der Waals surface area (Å²) in [7, 11) is -2.18. The van der Waals surface area contributed by atoms with Crippen LogP contribution in [0.4, 0.5) is 0 Å². The van der Waals surface area contributed by atoms with E-state index in [9.17, 15) is 18.3 Å². The molecule has 37 heavy (non-hydrogen) atoms. The fraction of sp³-hybridized carbons (Fsp3) is 0.556. The molecular weight excluding hydrogens is 494 g/mol. The molecule has 0 aliphatic carbocycles. The molecule has 202 valence electrons. The number of amides is 1. The molecule has 0 radical (unpaired) electrons. The minimum atomic E-state index is -3.74. The van der Waals surface area contributed by atoms with Gasteiger partial charge in [0.15, 0.2) is 0 Å². The lowest BCUT2D eigenvalue weighted by Gasteiger charge is -2.38. The molecule has 1 aromatic carbocycles. The number of carbonyl (C=O) groups excluding carboxylic acids is 1. The minimum Gasteiger partial charge on any atom is -0.497 e. The van der Waals surface area contributed by atoms with Crippen LogP contribution in [0.5, 0.6) is 5.75 Å². The second-order valence-electron chi connectivity index (χ2n) is 10.0. The third-order valence-electron chi connectivity index (χ3n) is 7.51. The molecule has 1 aromatic heterocycles. The van der Waals surface area contributed by atoms with E-state index >= 15 is 0 Å². The number of benzene rings is 1. The highest BCUT2D eigenvalue weighted by atomic mass is 32.2. The molecule has 2 saturated heterocycles. The first-order valence-corrected chi connectivity index (χ1v) is 14.3. The van der Waals surface area contributed by atoms with Crippen LogP contribution in [0.25, 0.3) is 0 Å². The summed E-state index contributed by atoms with van der Waals surface area (Å²) in [5.41, 5.74) is 1.14. The summed E-state index contributed by atoms with van der Waals surface area (Å²) in [5.74, 6) is 0.478. The van der Waals surface area contributed by atoms with E-state index in [2.05, 4.69) is 4.98 Å². The highest BCUT2D eigenvalue weighted by Gasteiger charge is 2.37. The monoisotopic (exact) mass is 531 g/mol. The fourth-order valence-electron chi connectivity index (χ4n) is 5.46. The van der Waals surface area contributed by atoms with E-state index in [-0.39, 0.29) is 25.2 Å². The van der Waals surface area contributed by atoms with Crippen LogP contribution < -0.4 is 4.74 Å². The number of rotatable bonds is 8. The molecule has 0 bridgehead atoms. The van der Waals surface area contributed by atoms with Crippen molar-refractivity contribution in [2.45, 2.75) is 62.5 Å². The Morgan fingerprint density at radius 2 is 1.76 bits per heavy atom. The lowest BCUT2D eigenvalue weighted by atomic mass is 9.85. The topological polar surface area (TPSA) is 109 Å². The standard InChI is InChI=1S/C27H37N3O6S/c1-20-16-24(35-3)17-21(2)26(20)37(33,34)30-13-5-4-6-23(30)18-36-19-25(31)29-14-9-27(32,10-15-29)22-7-11-28-12-8-22/h7-8,11-12,16-17,23,32H,4-6,9-10,13-15,18-19H2,1-3H3. The van der Waals surface area contributed by atoms with Crippen molar-refractivity contribution in [3.63, 3.8) is 0 Å². The van der Waals surface area contributed by atoms with E-state index in [1.165, 1.54) is 0 Å². The smallest absolute Gasteiger partial charge is 0.248 e. The number of nitrogens with zero attached hydrogens (tertiary/aromatic N) is 3. The Morgan fingerprint density at radius 3 is 2.38 bits per heavy atom. The van der Waals surface area contributed by atoms with E-state index in [1.54, 1.807) is 66.8 Å². The minimum absolute atomic E-state index is 0.112. The van der Waals surface area contributed by atoms with E-state index in [4.69, 9.17) is 9.47 Å². The second kappa shape index (κ2) is 11.5. The number of carbonyl (C=O) groups is 1. The van der Waals surface area contributed by atoms with E-state index < -0.39 is 15.6 Å². The van der Waals surface area contributed by atoms with Crippen LogP contribution in [0, 0.1) is 13.8 Å². The van der Waals surface area contributed by atoms with Crippen LogP contribution in [0.1, 0.15) is 48.8 Å². The van der Waals surface area contributed by atoms with Crippen LogP contribution in [0.3, 0.4) is 0 Å². The molecule has 1 amide bonds. The summed E-state index contributed by atoms with van der Waals surface area (Å²) < 4.78 is 40.0. The molecule has 9 nitrogen and oxygen atoms in total. The number of sulfonamides is 1. The first-order chi connectivity index (χ1) is 17.7. The summed E-state index contributed by atoms with van der Waals surface area (Å²) in [5, 5.41) is 11.0. The number of pyridine rings is 1. The molecule has 4 rings (SSSR count). The Bertz CT molecular complexity index is 1170. The maximum absolute atomic E-state index is 13.7. The molecule has 1 N–H and O–H groups in total. The average Bonchev–Trinajstić information content (AvgIpc) is 2.89. The van der Waals surface area contributed by atoms with Gasteiger partial charge in [0.2, 0.25) is 15.9 Å². The van der Waals surface area contributed by atoms with Gasteiger partial charge in [0.05, 0.1) is 24.2 Å². The molecule has 0 saturated carbocycles. The third-order valence-corrected chi connectivity index (χ3v) is 9.76. The van der Waals surface area contributed by atoms with Gasteiger partial charge < -0.3 is 19.5 Å². The van der Waals surface area contributed by atoms with Crippen molar-refractivity contribution in [3.05, 3.63) is 53.3 Å². The Labute approximate surface area is 219 Å². The van der Waals surface area contributed by atoms with Crippen molar-refractivity contribution in [2.75, 3.05) is 40.0 Å². The van der Waals surface area contributed by atoms with Gasteiger partial charge in [0.1, 0.15) is 12.4 Å². The van der Waals surface area contributed by atoms with Crippen LogP contribution in [-0.4, -0.2) is 79.6 Å². The fourth-order valence-corrected chi connectivity index (χ4v) is 7.55. The molecule has 2 fully saturated rings. The first-order valence-electron chi connectivity index (χ1n) is 12.8. The maximum Gasteiger partial charge on any atom is 0.248 e. The predicted molar refractivity (Wildman–Crippen MR) is 139 cm³/mol.